The smallest absolute Gasteiger partial charge is 0.0222 e. The van der Waals surface area contributed by atoms with E-state index in [9.17, 15) is 0 Å². The minimum absolute atomic E-state index is 0.594. The molecule has 1 fully saturated rings. The summed E-state index contributed by atoms with van der Waals surface area (Å²) in [6.45, 7) is 6.58. The first-order valence-electron chi connectivity index (χ1n) is 5.55. The van der Waals surface area contributed by atoms with E-state index in [0.717, 1.165) is 13.1 Å². The van der Waals surface area contributed by atoms with Gasteiger partial charge in [-0.3, -0.25) is 0 Å². The fourth-order valence-electron chi connectivity index (χ4n) is 1.68. The average molecular weight is 268 g/mol. The van der Waals surface area contributed by atoms with Gasteiger partial charge in [0, 0.05) is 17.6 Å². The number of benzene rings is 1. The van der Waals surface area contributed by atoms with Crippen LogP contribution in [0, 0.1) is 12.3 Å². The van der Waals surface area contributed by atoms with E-state index >= 15 is 0 Å². The normalized spacial score (nSPS) is 17.8. The molecule has 1 saturated carbocycles. The van der Waals surface area contributed by atoms with E-state index in [1.54, 1.807) is 0 Å². The Hall–Kier alpha value is -0.340. The Balaban J connectivity index is 1.87. The summed E-state index contributed by atoms with van der Waals surface area (Å²) >= 11 is 3.60. The molecule has 0 unspecified atom stereocenters. The lowest BCUT2D eigenvalue weighted by Crippen LogP contribution is -2.21. The third kappa shape index (κ3) is 3.05. The number of halogens is 1. The van der Waals surface area contributed by atoms with Crippen LogP contribution in [-0.2, 0) is 6.54 Å². The second-order valence-electron chi connectivity index (χ2n) is 5.01. The molecule has 1 nitrogen and oxygen atoms in total. The predicted octanol–water partition coefficient (Wildman–Crippen LogP) is 3.65. The maximum Gasteiger partial charge on any atom is 0.0222 e. The van der Waals surface area contributed by atoms with E-state index in [1.165, 1.54) is 28.4 Å². The Morgan fingerprint density at radius 1 is 1.40 bits per heavy atom. The van der Waals surface area contributed by atoms with E-state index < -0.39 is 0 Å². The highest BCUT2D eigenvalue weighted by Crippen LogP contribution is 2.44. The molecule has 0 saturated heterocycles. The molecule has 2 heteroatoms. The molecule has 0 bridgehead atoms. The topological polar surface area (TPSA) is 12.0 Å². The van der Waals surface area contributed by atoms with Crippen molar-refractivity contribution in [2.24, 2.45) is 5.41 Å². The molecule has 0 amide bonds. The van der Waals surface area contributed by atoms with E-state index in [1.807, 2.05) is 0 Å². The highest BCUT2D eigenvalue weighted by molar-refractivity contribution is 9.10. The zero-order valence-corrected chi connectivity index (χ0v) is 11.0. The number of nitrogens with one attached hydrogen (secondary N) is 1. The molecule has 2 rings (SSSR count). The van der Waals surface area contributed by atoms with Crippen molar-refractivity contribution in [1.82, 2.24) is 5.32 Å². The summed E-state index contributed by atoms with van der Waals surface area (Å²) in [5.74, 6) is 0. The Morgan fingerprint density at radius 2 is 2.13 bits per heavy atom. The van der Waals surface area contributed by atoms with Gasteiger partial charge in [-0.15, -0.1) is 0 Å². The highest BCUT2D eigenvalue weighted by Gasteiger charge is 2.36. The fraction of sp³-hybridized carbons (Fsp3) is 0.538. The molecule has 1 N–H and O–H groups in total. The summed E-state index contributed by atoms with van der Waals surface area (Å²) in [6, 6.07) is 6.54. The average Bonchev–Trinajstić information content (AvgIpc) is 2.88. The van der Waals surface area contributed by atoms with Gasteiger partial charge >= 0.3 is 0 Å². The van der Waals surface area contributed by atoms with Crippen molar-refractivity contribution in [3.63, 3.8) is 0 Å². The first-order valence-corrected chi connectivity index (χ1v) is 6.34. The van der Waals surface area contributed by atoms with Gasteiger partial charge in [-0.1, -0.05) is 35.0 Å². The lowest BCUT2D eigenvalue weighted by molar-refractivity contribution is 0.499. The van der Waals surface area contributed by atoms with Crippen LogP contribution in [0.2, 0.25) is 0 Å². The van der Waals surface area contributed by atoms with Crippen molar-refractivity contribution in [3.8, 4) is 0 Å². The van der Waals surface area contributed by atoms with Crippen molar-refractivity contribution in [2.45, 2.75) is 33.2 Å². The third-order valence-electron chi connectivity index (χ3n) is 3.18. The van der Waals surface area contributed by atoms with Crippen LogP contribution < -0.4 is 5.32 Å². The number of aryl methyl sites for hydroxylation is 1. The monoisotopic (exact) mass is 267 g/mol. The zero-order chi connectivity index (χ0) is 10.9. The van der Waals surface area contributed by atoms with E-state index in [2.05, 4.69) is 53.3 Å². The van der Waals surface area contributed by atoms with Crippen molar-refractivity contribution >= 4 is 15.9 Å². The number of hydrogen-bond acceptors (Lipinski definition) is 1. The largest absolute Gasteiger partial charge is 0.312 e. The molecule has 0 radical (unpaired) electrons. The van der Waals surface area contributed by atoms with Gasteiger partial charge in [0.1, 0.15) is 0 Å². The van der Waals surface area contributed by atoms with Crippen LogP contribution in [0.25, 0.3) is 0 Å². The standard InChI is InChI=1S/C13H18BrN/c1-10-3-4-11(12(14)7-10)8-15-9-13(2)5-6-13/h3-4,7,15H,5-6,8-9H2,1-2H3. The van der Waals surface area contributed by atoms with Gasteiger partial charge in [-0.05, 0) is 42.4 Å². The van der Waals surface area contributed by atoms with Crippen molar-refractivity contribution in [3.05, 3.63) is 33.8 Å². The van der Waals surface area contributed by atoms with Crippen LogP contribution in [0.4, 0.5) is 0 Å². The minimum Gasteiger partial charge on any atom is -0.312 e. The SMILES string of the molecule is Cc1ccc(CNCC2(C)CC2)c(Br)c1. The number of hydrogen-bond donors (Lipinski definition) is 1. The molecular formula is C13H18BrN. The van der Waals surface area contributed by atoms with Crippen LogP contribution >= 0.6 is 15.9 Å². The maximum atomic E-state index is 3.60. The van der Waals surface area contributed by atoms with Gasteiger partial charge in [-0.25, -0.2) is 0 Å². The third-order valence-corrected chi connectivity index (χ3v) is 3.92. The molecule has 0 spiro atoms. The minimum atomic E-state index is 0.594. The molecule has 1 aliphatic rings. The molecule has 1 aliphatic carbocycles. The van der Waals surface area contributed by atoms with Gasteiger partial charge in [-0.2, -0.15) is 0 Å². The van der Waals surface area contributed by atoms with Crippen LogP contribution in [0.15, 0.2) is 22.7 Å². The molecule has 0 aromatic heterocycles. The molecule has 15 heavy (non-hydrogen) atoms. The van der Waals surface area contributed by atoms with Crippen molar-refractivity contribution < 1.29 is 0 Å². The number of rotatable bonds is 4. The first-order chi connectivity index (χ1) is 7.09. The molecular weight excluding hydrogens is 250 g/mol. The molecule has 82 valence electrons. The van der Waals surface area contributed by atoms with Crippen LogP contribution in [0.3, 0.4) is 0 Å². The highest BCUT2D eigenvalue weighted by atomic mass is 79.9. The Kier molecular flexibility index (Phi) is 3.17. The van der Waals surface area contributed by atoms with E-state index in [-0.39, 0.29) is 0 Å². The zero-order valence-electron chi connectivity index (χ0n) is 9.44. The summed E-state index contributed by atoms with van der Waals surface area (Å²) in [6.07, 6.45) is 2.77. The summed E-state index contributed by atoms with van der Waals surface area (Å²) in [7, 11) is 0. The predicted molar refractivity (Wildman–Crippen MR) is 67.9 cm³/mol. The van der Waals surface area contributed by atoms with Crippen molar-refractivity contribution in [2.75, 3.05) is 6.54 Å². The Bertz CT molecular complexity index is 356. The first kappa shape index (κ1) is 11.2. The second-order valence-corrected chi connectivity index (χ2v) is 5.86. The van der Waals surface area contributed by atoms with Gasteiger partial charge < -0.3 is 5.32 Å². The van der Waals surface area contributed by atoms with E-state index in [4.69, 9.17) is 0 Å². The quantitative estimate of drug-likeness (QED) is 0.879. The maximum absolute atomic E-state index is 3.60. The van der Waals surface area contributed by atoms with Crippen LogP contribution in [0.1, 0.15) is 30.9 Å². The van der Waals surface area contributed by atoms with Crippen LogP contribution in [-0.4, -0.2) is 6.54 Å². The molecule has 0 heterocycles. The van der Waals surface area contributed by atoms with Gasteiger partial charge in [0.25, 0.3) is 0 Å². The summed E-state index contributed by atoms with van der Waals surface area (Å²) < 4.78 is 1.22. The molecule has 1 aromatic carbocycles. The van der Waals surface area contributed by atoms with Gasteiger partial charge in [0.2, 0.25) is 0 Å². The Morgan fingerprint density at radius 3 is 2.73 bits per heavy atom. The summed E-state index contributed by atoms with van der Waals surface area (Å²) in [5.41, 5.74) is 3.25. The molecule has 0 aliphatic heterocycles. The molecule has 0 atom stereocenters. The lowest BCUT2D eigenvalue weighted by Gasteiger charge is -2.11. The van der Waals surface area contributed by atoms with Crippen LogP contribution in [0.5, 0.6) is 0 Å². The summed E-state index contributed by atoms with van der Waals surface area (Å²) in [5, 5.41) is 3.53. The summed E-state index contributed by atoms with van der Waals surface area (Å²) in [4.78, 5) is 0. The second kappa shape index (κ2) is 4.26. The lowest BCUT2D eigenvalue weighted by atomic mass is 10.1. The Labute approximate surface area is 100 Å². The van der Waals surface area contributed by atoms with E-state index in [0.29, 0.717) is 5.41 Å². The fourth-order valence-corrected chi connectivity index (χ4v) is 2.32. The van der Waals surface area contributed by atoms with Gasteiger partial charge in [0.05, 0.1) is 0 Å². The van der Waals surface area contributed by atoms with Gasteiger partial charge in [0.15, 0.2) is 0 Å². The van der Waals surface area contributed by atoms with Crippen molar-refractivity contribution in [1.29, 1.82) is 0 Å². The molecule has 1 aromatic rings.